The minimum Gasteiger partial charge on any atom is -0.508 e. The third kappa shape index (κ3) is 1.10. The molecule has 0 aliphatic rings. The summed E-state index contributed by atoms with van der Waals surface area (Å²) in [6.45, 7) is 0. The highest BCUT2D eigenvalue weighted by Crippen LogP contribution is 2.19. The Balaban J connectivity index is 3.17. The molecule has 0 fully saturated rings. The molecule has 0 bridgehead atoms. The summed E-state index contributed by atoms with van der Waals surface area (Å²) in [5.41, 5.74) is 0. The Morgan fingerprint density at radius 2 is 2.11 bits per heavy atom. The first-order valence-corrected chi connectivity index (χ1v) is 2.35. The van der Waals surface area contributed by atoms with E-state index in [0.717, 1.165) is 18.2 Å². The van der Waals surface area contributed by atoms with Gasteiger partial charge in [0.1, 0.15) is 5.75 Å². The van der Waals surface area contributed by atoms with Crippen LogP contribution in [0.2, 0.25) is 0 Å². The number of benzene rings is 1. The van der Waals surface area contributed by atoms with Crippen molar-refractivity contribution in [2.45, 2.75) is 0 Å². The Bertz CT molecular complexity index is 222. The number of aromatic hydroxyl groups is 1. The van der Waals surface area contributed by atoms with Crippen molar-refractivity contribution < 1.29 is 14.6 Å². The summed E-state index contributed by atoms with van der Waals surface area (Å²) in [6, 6.07) is 2.90. The Morgan fingerprint density at radius 3 is 2.56 bits per heavy atom. The van der Waals surface area contributed by atoms with Crippen molar-refractivity contribution >= 4 is 0 Å². The van der Waals surface area contributed by atoms with Crippen molar-refractivity contribution in [2.24, 2.45) is 0 Å². The van der Waals surface area contributed by atoms with Crippen molar-refractivity contribution in [1.29, 1.82) is 0 Å². The van der Waals surface area contributed by atoms with Gasteiger partial charge in [0.2, 0.25) is 5.75 Å². The van der Waals surface area contributed by atoms with E-state index in [1.165, 1.54) is 0 Å². The standard InChI is InChI=1S/C6H4FO2/c7-5-3-4(8)1-2-6(5)9/h1-3,8H. The number of phenolic OH excluding ortho intramolecular Hbond substituents is 1. The number of hydrogen-bond acceptors (Lipinski definition) is 1. The van der Waals surface area contributed by atoms with Gasteiger partial charge in [0, 0.05) is 6.07 Å². The molecule has 1 N–H and O–H groups in total. The van der Waals surface area contributed by atoms with Crippen molar-refractivity contribution in [3.63, 3.8) is 0 Å². The smallest absolute Gasteiger partial charge is 0.214 e. The molecule has 0 amide bonds. The quantitative estimate of drug-likeness (QED) is 0.565. The summed E-state index contributed by atoms with van der Waals surface area (Å²) in [5, 5.41) is 18.8. The lowest BCUT2D eigenvalue weighted by Gasteiger charge is -1.90. The highest BCUT2D eigenvalue weighted by Gasteiger charge is 2.00. The molecule has 1 radical (unpaired) electrons. The lowest BCUT2D eigenvalue weighted by Crippen LogP contribution is -1.71. The first-order chi connectivity index (χ1) is 4.20. The second-order valence-electron chi connectivity index (χ2n) is 1.61. The van der Waals surface area contributed by atoms with Gasteiger partial charge in [-0.1, -0.05) is 0 Å². The van der Waals surface area contributed by atoms with E-state index >= 15 is 0 Å². The first-order valence-electron chi connectivity index (χ1n) is 2.35. The molecule has 9 heavy (non-hydrogen) atoms. The Kier molecular flexibility index (Phi) is 1.26. The lowest BCUT2D eigenvalue weighted by molar-refractivity contribution is 0.328. The molecule has 0 heterocycles. The molecule has 0 atom stereocenters. The van der Waals surface area contributed by atoms with Gasteiger partial charge in [-0.25, -0.2) is 4.39 Å². The number of halogens is 1. The maximum Gasteiger partial charge on any atom is 0.214 e. The van der Waals surface area contributed by atoms with E-state index in [-0.39, 0.29) is 5.75 Å². The predicted molar refractivity (Wildman–Crippen MR) is 28.2 cm³/mol. The zero-order valence-corrected chi connectivity index (χ0v) is 4.47. The summed E-state index contributed by atoms with van der Waals surface area (Å²) in [4.78, 5) is 0. The number of phenols is 1. The molecule has 47 valence electrons. The fourth-order valence-electron chi connectivity index (χ4n) is 0.490. The second-order valence-corrected chi connectivity index (χ2v) is 1.61. The topological polar surface area (TPSA) is 40.1 Å². The van der Waals surface area contributed by atoms with E-state index in [0.29, 0.717) is 0 Å². The second kappa shape index (κ2) is 1.93. The summed E-state index contributed by atoms with van der Waals surface area (Å²) in [6.07, 6.45) is 0. The Hall–Kier alpha value is -1.25. The molecule has 0 aromatic heterocycles. The van der Waals surface area contributed by atoms with Crippen LogP contribution in [-0.4, -0.2) is 5.11 Å². The van der Waals surface area contributed by atoms with Gasteiger partial charge in [-0.2, -0.15) is 0 Å². The molecule has 1 aromatic carbocycles. The van der Waals surface area contributed by atoms with Gasteiger partial charge in [-0.05, 0) is 12.1 Å². The van der Waals surface area contributed by atoms with Crippen LogP contribution in [0.4, 0.5) is 4.39 Å². The number of rotatable bonds is 0. The normalized spacial score (nSPS) is 9.44. The minimum atomic E-state index is -0.921. The van der Waals surface area contributed by atoms with Crippen LogP contribution in [0.25, 0.3) is 0 Å². The summed E-state index contributed by atoms with van der Waals surface area (Å²) < 4.78 is 12.1. The van der Waals surface area contributed by atoms with Crippen LogP contribution in [-0.2, 0) is 5.11 Å². The van der Waals surface area contributed by atoms with Crippen molar-refractivity contribution in [3.05, 3.63) is 24.0 Å². The van der Waals surface area contributed by atoms with Gasteiger partial charge in [-0.15, -0.1) is 0 Å². The third-order valence-electron chi connectivity index (χ3n) is 0.915. The Morgan fingerprint density at radius 1 is 1.44 bits per heavy atom. The van der Waals surface area contributed by atoms with E-state index in [1.807, 2.05) is 0 Å². The minimum absolute atomic E-state index is 0.230. The molecule has 0 unspecified atom stereocenters. The lowest BCUT2D eigenvalue weighted by atomic mass is 10.3. The average Bonchev–Trinajstić information content (AvgIpc) is 1.80. The maximum atomic E-state index is 12.1. The van der Waals surface area contributed by atoms with Gasteiger partial charge < -0.3 is 5.11 Å². The first kappa shape index (κ1) is 5.88. The van der Waals surface area contributed by atoms with Gasteiger partial charge in [0.25, 0.3) is 0 Å². The van der Waals surface area contributed by atoms with E-state index < -0.39 is 11.6 Å². The monoisotopic (exact) mass is 127 g/mol. The van der Waals surface area contributed by atoms with Crippen LogP contribution in [0.5, 0.6) is 11.5 Å². The van der Waals surface area contributed by atoms with Crippen molar-refractivity contribution in [3.8, 4) is 11.5 Å². The van der Waals surface area contributed by atoms with Crippen LogP contribution in [0.1, 0.15) is 0 Å². The van der Waals surface area contributed by atoms with Crippen molar-refractivity contribution in [2.75, 3.05) is 0 Å². The Labute approximate surface area is 51.2 Å². The molecule has 1 aromatic rings. The highest BCUT2D eigenvalue weighted by molar-refractivity contribution is 5.30. The van der Waals surface area contributed by atoms with Gasteiger partial charge in [0.05, 0.1) is 0 Å². The molecule has 0 spiro atoms. The molecule has 3 heteroatoms. The van der Waals surface area contributed by atoms with Gasteiger partial charge in [-0.3, -0.25) is 5.11 Å². The summed E-state index contributed by atoms with van der Waals surface area (Å²) in [5.74, 6) is -1.85. The van der Waals surface area contributed by atoms with E-state index in [9.17, 15) is 9.50 Å². The van der Waals surface area contributed by atoms with E-state index in [4.69, 9.17) is 5.11 Å². The molecule has 0 saturated carbocycles. The zero-order chi connectivity index (χ0) is 6.85. The van der Waals surface area contributed by atoms with Crippen LogP contribution in [0.3, 0.4) is 0 Å². The molecule has 1 rings (SSSR count). The zero-order valence-electron chi connectivity index (χ0n) is 4.47. The van der Waals surface area contributed by atoms with Gasteiger partial charge in [0.15, 0.2) is 5.82 Å². The third-order valence-corrected chi connectivity index (χ3v) is 0.915. The highest BCUT2D eigenvalue weighted by atomic mass is 19.1. The van der Waals surface area contributed by atoms with Gasteiger partial charge >= 0.3 is 0 Å². The molecular weight excluding hydrogens is 123 g/mol. The largest absolute Gasteiger partial charge is 0.508 e. The molecule has 0 saturated heterocycles. The molecule has 2 nitrogen and oxygen atoms in total. The molecule has 0 aliphatic carbocycles. The molecule has 0 aliphatic heterocycles. The van der Waals surface area contributed by atoms with Crippen LogP contribution in [0, 0.1) is 5.82 Å². The van der Waals surface area contributed by atoms with Crippen LogP contribution < -0.4 is 0 Å². The maximum absolute atomic E-state index is 12.1. The molecular formula is C6H4FO2. The van der Waals surface area contributed by atoms with Crippen molar-refractivity contribution in [1.82, 2.24) is 0 Å². The van der Waals surface area contributed by atoms with E-state index in [1.54, 1.807) is 0 Å². The SMILES string of the molecule is [O]c1ccc(O)cc1F. The summed E-state index contributed by atoms with van der Waals surface area (Å²) in [7, 11) is 0. The fourth-order valence-corrected chi connectivity index (χ4v) is 0.490. The van der Waals surface area contributed by atoms with Crippen LogP contribution >= 0.6 is 0 Å². The van der Waals surface area contributed by atoms with Crippen LogP contribution in [0.15, 0.2) is 18.2 Å². The predicted octanol–water partition coefficient (Wildman–Crippen LogP) is 1.68. The summed E-state index contributed by atoms with van der Waals surface area (Å²) >= 11 is 0. The van der Waals surface area contributed by atoms with E-state index in [2.05, 4.69) is 0 Å². The fraction of sp³-hybridized carbons (Fsp3) is 0. The average molecular weight is 127 g/mol. The number of hydrogen-bond donors (Lipinski definition) is 1.